The molecule has 2 atom stereocenters. The van der Waals surface area contributed by atoms with Crippen LogP contribution < -0.4 is 0 Å². The normalized spacial score (nSPS) is 25.8. The van der Waals surface area contributed by atoms with E-state index in [1.54, 1.807) is 12.1 Å². The van der Waals surface area contributed by atoms with Crippen molar-refractivity contribution in [2.45, 2.75) is 50.5 Å². The molecule has 2 heterocycles. The highest BCUT2D eigenvalue weighted by Gasteiger charge is 2.39. The Morgan fingerprint density at radius 1 is 1.12 bits per heavy atom. The molecule has 5 nitrogen and oxygen atoms in total. The molecular weight excluding hydrogens is 352 g/mol. The quantitative estimate of drug-likeness (QED) is 0.878. The number of aromatic hydroxyl groups is 1. The Morgan fingerprint density at radius 2 is 1.85 bits per heavy atom. The molecule has 3 aliphatic rings. The van der Waals surface area contributed by atoms with E-state index in [0.29, 0.717) is 11.1 Å². The summed E-state index contributed by atoms with van der Waals surface area (Å²) in [6, 6.07) is 5.04. The second-order valence-electron chi connectivity index (χ2n) is 7.64. The maximum absolute atomic E-state index is 13.3. The van der Waals surface area contributed by atoms with E-state index in [-0.39, 0.29) is 42.3 Å². The Balaban J connectivity index is 0.00000196. The van der Waals surface area contributed by atoms with Crippen molar-refractivity contribution in [1.82, 2.24) is 9.80 Å². The molecule has 4 rings (SSSR count). The van der Waals surface area contributed by atoms with Crippen LogP contribution in [0.25, 0.3) is 0 Å². The molecule has 0 radical (unpaired) electrons. The molecule has 0 aromatic heterocycles. The molecule has 26 heavy (non-hydrogen) atoms. The molecule has 2 aliphatic heterocycles. The number of phenolic OH excluding ortho intramolecular Hbond substituents is 1. The van der Waals surface area contributed by atoms with E-state index >= 15 is 0 Å². The van der Waals surface area contributed by atoms with Crippen LogP contribution in [0.3, 0.4) is 0 Å². The maximum atomic E-state index is 13.3. The summed E-state index contributed by atoms with van der Waals surface area (Å²) in [5.41, 5.74) is 1.31. The number of carbonyl (C=O) groups is 2. The first-order valence-electron chi connectivity index (χ1n) is 9.52. The highest BCUT2D eigenvalue weighted by atomic mass is 35.5. The number of rotatable bonds is 3. The number of phenols is 1. The molecule has 1 aromatic rings. The molecule has 2 unspecified atom stereocenters. The minimum atomic E-state index is -0.422. The fourth-order valence-corrected chi connectivity index (χ4v) is 4.66. The van der Waals surface area contributed by atoms with Crippen molar-refractivity contribution in [3.05, 3.63) is 29.3 Å². The highest BCUT2D eigenvalue weighted by molar-refractivity contribution is 6.07. The van der Waals surface area contributed by atoms with Gasteiger partial charge in [-0.05, 0) is 69.0 Å². The Bertz CT molecular complexity index is 688. The van der Waals surface area contributed by atoms with E-state index in [1.807, 2.05) is 4.90 Å². The number of carbonyl (C=O) groups excluding carboxylic acids is 2. The predicted molar refractivity (Wildman–Crippen MR) is 102 cm³/mol. The molecule has 1 aromatic carbocycles. The summed E-state index contributed by atoms with van der Waals surface area (Å²) in [5.74, 6) is -0.213. The van der Waals surface area contributed by atoms with Gasteiger partial charge in [0.05, 0.1) is 5.92 Å². The number of ketones is 1. The van der Waals surface area contributed by atoms with E-state index < -0.39 is 5.92 Å². The summed E-state index contributed by atoms with van der Waals surface area (Å²) in [6.07, 6.45) is 6.01. The van der Waals surface area contributed by atoms with E-state index in [0.717, 1.165) is 39.0 Å². The smallest absolute Gasteiger partial charge is 0.230 e. The largest absolute Gasteiger partial charge is 0.508 e. The molecule has 6 heteroatoms. The predicted octanol–water partition coefficient (Wildman–Crippen LogP) is 2.96. The zero-order valence-corrected chi connectivity index (χ0v) is 15.8. The number of fused-ring (bicyclic) bond motifs is 1. The van der Waals surface area contributed by atoms with Crippen LogP contribution in [0.4, 0.5) is 0 Å². The average Bonchev–Trinajstić information content (AvgIpc) is 3.23. The lowest BCUT2D eigenvalue weighted by molar-refractivity contribution is -0.136. The molecule has 0 saturated carbocycles. The summed E-state index contributed by atoms with van der Waals surface area (Å²) in [5, 5.41) is 9.79. The van der Waals surface area contributed by atoms with E-state index in [4.69, 9.17) is 0 Å². The SMILES string of the molecule is Cl.O=C1CC(C(=O)N2CCCCC2CN2CCCC2)c2cc(O)ccc21. The Kier molecular flexibility index (Phi) is 5.88. The number of benzene rings is 1. The van der Waals surface area contributed by atoms with Gasteiger partial charge in [0.25, 0.3) is 0 Å². The second-order valence-corrected chi connectivity index (χ2v) is 7.64. The Hall–Kier alpha value is -1.59. The molecule has 2 saturated heterocycles. The lowest BCUT2D eigenvalue weighted by Crippen LogP contribution is -2.50. The third kappa shape index (κ3) is 3.60. The van der Waals surface area contributed by atoms with Crippen molar-refractivity contribution in [2.24, 2.45) is 0 Å². The van der Waals surface area contributed by atoms with Crippen LogP contribution in [0, 0.1) is 0 Å². The zero-order valence-electron chi connectivity index (χ0n) is 15.0. The van der Waals surface area contributed by atoms with Gasteiger partial charge in [-0.25, -0.2) is 0 Å². The molecule has 0 bridgehead atoms. The maximum Gasteiger partial charge on any atom is 0.230 e. The van der Waals surface area contributed by atoms with Crippen molar-refractivity contribution in [3.8, 4) is 5.75 Å². The molecule has 142 valence electrons. The van der Waals surface area contributed by atoms with Crippen LogP contribution in [0.15, 0.2) is 18.2 Å². The second kappa shape index (κ2) is 7.97. The molecule has 0 spiro atoms. The minimum absolute atomic E-state index is 0. The fraction of sp³-hybridized carbons (Fsp3) is 0.600. The fourth-order valence-electron chi connectivity index (χ4n) is 4.66. The van der Waals surface area contributed by atoms with Crippen LogP contribution in [0.5, 0.6) is 5.75 Å². The third-order valence-corrected chi connectivity index (χ3v) is 5.98. The molecule has 1 amide bonds. The average molecular weight is 379 g/mol. The molecule has 1 aliphatic carbocycles. The van der Waals surface area contributed by atoms with Gasteiger partial charge >= 0.3 is 0 Å². The summed E-state index contributed by atoms with van der Waals surface area (Å²) < 4.78 is 0. The summed E-state index contributed by atoms with van der Waals surface area (Å²) in [6.45, 7) is 4.02. The Morgan fingerprint density at radius 3 is 2.62 bits per heavy atom. The van der Waals surface area contributed by atoms with E-state index in [9.17, 15) is 14.7 Å². The Labute approximate surface area is 160 Å². The van der Waals surface area contributed by atoms with Crippen LogP contribution in [-0.4, -0.2) is 58.8 Å². The van der Waals surface area contributed by atoms with Gasteiger partial charge in [0.2, 0.25) is 5.91 Å². The first-order chi connectivity index (χ1) is 12.1. The minimum Gasteiger partial charge on any atom is -0.508 e. The summed E-state index contributed by atoms with van der Waals surface area (Å²) >= 11 is 0. The highest BCUT2D eigenvalue weighted by Crippen LogP contribution is 2.37. The van der Waals surface area contributed by atoms with Gasteiger partial charge < -0.3 is 14.9 Å². The number of halogens is 1. The van der Waals surface area contributed by atoms with Crippen LogP contribution >= 0.6 is 12.4 Å². The molecule has 2 fully saturated rings. The van der Waals surface area contributed by atoms with Gasteiger partial charge in [-0.2, -0.15) is 0 Å². The van der Waals surface area contributed by atoms with E-state index in [1.165, 1.54) is 25.3 Å². The number of hydrogen-bond acceptors (Lipinski definition) is 4. The monoisotopic (exact) mass is 378 g/mol. The number of piperidine rings is 1. The molecule has 1 N–H and O–H groups in total. The number of hydrogen-bond donors (Lipinski definition) is 1. The zero-order chi connectivity index (χ0) is 17.4. The first-order valence-corrected chi connectivity index (χ1v) is 9.52. The number of nitrogens with zero attached hydrogens (tertiary/aromatic N) is 2. The van der Waals surface area contributed by atoms with Gasteiger partial charge in [0.1, 0.15) is 5.75 Å². The summed E-state index contributed by atoms with van der Waals surface area (Å²) in [4.78, 5) is 30.0. The number of Topliss-reactive ketones (excluding diaryl/α,β-unsaturated/α-hetero) is 1. The first kappa shape index (κ1) is 19.2. The van der Waals surface area contributed by atoms with Gasteiger partial charge in [-0.1, -0.05) is 0 Å². The van der Waals surface area contributed by atoms with Crippen LogP contribution in [0.2, 0.25) is 0 Å². The molecular formula is C20H27ClN2O3. The van der Waals surface area contributed by atoms with Crippen molar-refractivity contribution < 1.29 is 14.7 Å². The lowest BCUT2D eigenvalue weighted by Gasteiger charge is -2.39. The van der Waals surface area contributed by atoms with Crippen molar-refractivity contribution in [3.63, 3.8) is 0 Å². The van der Waals surface area contributed by atoms with Crippen LogP contribution in [0.1, 0.15) is 60.4 Å². The van der Waals surface area contributed by atoms with Gasteiger partial charge in [-0.15, -0.1) is 12.4 Å². The van der Waals surface area contributed by atoms with Crippen molar-refractivity contribution in [2.75, 3.05) is 26.2 Å². The van der Waals surface area contributed by atoms with Gasteiger partial charge in [0, 0.05) is 31.1 Å². The van der Waals surface area contributed by atoms with E-state index in [2.05, 4.69) is 4.90 Å². The standard InChI is InChI=1S/C20H26N2O3.ClH/c23-15-6-7-16-17(11-15)18(12-19(16)24)20(25)22-10-2-1-5-14(22)13-21-8-3-4-9-21;/h6-7,11,14,18,23H,1-5,8-10,12-13H2;1H. The third-order valence-electron chi connectivity index (χ3n) is 5.98. The number of amides is 1. The van der Waals surface area contributed by atoms with Gasteiger partial charge in [-0.3, -0.25) is 9.59 Å². The number of likely N-dealkylation sites (tertiary alicyclic amines) is 2. The summed E-state index contributed by atoms with van der Waals surface area (Å²) in [7, 11) is 0. The topological polar surface area (TPSA) is 60.9 Å². The lowest BCUT2D eigenvalue weighted by atomic mass is 9.95. The van der Waals surface area contributed by atoms with Crippen molar-refractivity contribution >= 4 is 24.1 Å². The van der Waals surface area contributed by atoms with Gasteiger partial charge in [0.15, 0.2) is 5.78 Å². The van der Waals surface area contributed by atoms with Crippen LogP contribution in [-0.2, 0) is 4.79 Å². The van der Waals surface area contributed by atoms with Crippen molar-refractivity contribution in [1.29, 1.82) is 0 Å².